The molecule has 0 amide bonds. The normalized spacial score (nSPS) is 14.8. The molecule has 0 bridgehead atoms. The van der Waals surface area contributed by atoms with Crippen molar-refractivity contribution in [3.05, 3.63) is 52.0 Å². The molecule has 1 aliphatic rings. The minimum Gasteiger partial charge on any atom is -0.493 e. The van der Waals surface area contributed by atoms with Crippen LogP contribution in [0.5, 0.6) is 11.5 Å². The first-order valence-electron chi connectivity index (χ1n) is 9.87. The molecule has 176 valence electrons. The van der Waals surface area contributed by atoms with Crippen molar-refractivity contribution in [2.24, 2.45) is 0 Å². The van der Waals surface area contributed by atoms with Crippen LogP contribution in [0.25, 0.3) is 0 Å². The maximum atomic E-state index is 12.9. The van der Waals surface area contributed by atoms with Gasteiger partial charge in [0.1, 0.15) is 4.90 Å². The summed E-state index contributed by atoms with van der Waals surface area (Å²) in [6.07, 6.45) is -3.36. The molecular formula is C21H24ClF3N2O4S. The van der Waals surface area contributed by atoms with E-state index in [-0.39, 0.29) is 11.6 Å². The number of nitrogens with zero attached hydrogens (tertiary/aromatic N) is 1. The molecule has 6 nitrogen and oxygen atoms in total. The lowest BCUT2D eigenvalue weighted by Gasteiger charge is -2.29. The SMILES string of the molecule is COc1cc2c(cc1OC)CN(CCCNS(=O)(=O)c1cc(C(F)(F)F)ccc1Cl)CC2. The Balaban J connectivity index is 1.58. The fourth-order valence-corrected chi connectivity index (χ4v) is 5.20. The van der Waals surface area contributed by atoms with Crippen LogP contribution >= 0.6 is 11.6 Å². The minimum atomic E-state index is -4.66. The molecular weight excluding hydrogens is 469 g/mol. The highest BCUT2D eigenvalue weighted by Crippen LogP contribution is 2.34. The molecule has 0 fully saturated rings. The molecule has 11 heteroatoms. The third-order valence-electron chi connectivity index (χ3n) is 5.29. The van der Waals surface area contributed by atoms with Crippen LogP contribution in [0.1, 0.15) is 23.1 Å². The van der Waals surface area contributed by atoms with Gasteiger partial charge in [0.15, 0.2) is 11.5 Å². The largest absolute Gasteiger partial charge is 0.493 e. The molecule has 0 spiro atoms. The van der Waals surface area contributed by atoms with Crippen molar-refractivity contribution in [1.82, 2.24) is 9.62 Å². The first-order valence-corrected chi connectivity index (χ1v) is 11.7. The third-order valence-corrected chi connectivity index (χ3v) is 7.23. The molecule has 2 aromatic rings. The van der Waals surface area contributed by atoms with E-state index >= 15 is 0 Å². The van der Waals surface area contributed by atoms with Gasteiger partial charge in [-0.15, -0.1) is 0 Å². The zero-order valence-electron chi connectivity index (χ0n) is 17.6. The van der Waals surface area contributed by atoms with Crippen molar-refractivity contribution in [2.45, 2.75) is 30.5 Å². The maximum Gasteiger partial charge on any atom is 0.416 e. The summed E-state index contributed by atoms with van der Waals surface area (Å²) < 4.78 is 76.7. The quantitative estimate of drug-likeness (QED) is 0.562. The van der Waals surface area contributed by atoms with Crippen LogP contribution in [0.2, 0.25) is 5.02 Å². The Labute approximate surface area is 190 Å². The molecule has 0 aromatic heterocycles. The van der Waals surface area contributed by atoms with Crippen molar-refractivity contribution in [1.29, 1.82) is 0 Å². The molecule has 3 rings (SSSR count). The monoisotopic (exact) mass is 492 g/mol. The molecule has 1 aliphatic heterocycles. The van der Waals surface area contributed by atoms with E-state index in [1.165, 1.54) is 5.56 Å². The molecule has 0 atom stereocenters. The molecule has 0 saturated heterocycles. The number of alkyl halides is 3. The van der Waals surface area contributed by atoms with Gasteiger partial charge >= 0.3 is 6.18 Å². The van der Waals surface area contributed by atoms with Gasteiger partial charge in [0.2, 0.25) is 10.0 Å². The summed E-state index contributed by atoms with van der Waals surface area (Å²) in [5, 5.41) is -0.262. The van der Waals surface area contributed by atoms with E-state index in [2.05, 4.69) is 9.62 Å². The molecule has 0 aliphatic carbocycles. The number of hydrogen-bond donors (Lipinski definition) is 1. The Morgan fingerprint density at radius 1 is 1.09 bits per heavy atom. The average Bonchev–Trinajstić information content (AvgIpc) is 2.75. The number of hydrogen-bond acceptors (Lipinski definition) is 5. The smallest absolute Gasteiger partial charge is 0.416 e. The summed E-state index contributed by atoms with van der Waals surface area (Å²) in [5.74, 6) is 1.33. The van der Waals surface area contributed by atoms with Crippen LogP contribution < -0.4 is 14.2 Å². The van der Waals surface area contributed by atoms with Gasteiger partial charge in [-0.2, -0.15) is 13.2 Å². The highest BCUT2D eigenvalue weighted by molar-refractivity contribution is 7.89. The number of rotatable bonds is 8. The van der Waals surface area contributed by atoms with E-state index in [4.69, 9.17) is 21.1 Å². The Morgan fingerprint density at radius 2 is 1.75 bits per heavy atom. The summed E-state index contributed by atoms with van der Waals surface area (Å²) in [6, 6.07) is 6.15. The number of halogens is 4. The Morgan fingerprint density at radius 3 is 2.38 bits per heavy atom. The van der Waals surface area contributed by atoms with E-state index in [1.54, 1.807) is 14.2 Å². The topological polar surface area (TPSA) is 67.9 Å². The predicted molar refractivity (Wildman–Crippen MR) is 115 cm³/mol. The molecule has 1 N–H and O–H groups in total. The van der Waals surface area contributed by atoms with Gasteiger partial charge in [0, 0.05) is 19.6 Å². The molecule has 0 saturated carbocycles. The van der Waals surface area contributed by atoms with Crippen molar-refractivity contribution < 1.29 is 31.1 Å². The first kappa shape index (κ1) is 24.6. The summed E-state index contributed by atoms with van der Waals surface area (Å²) >= 11 is 5.85. The lowest BCUT2D eigenvalue weighted by molar-refractivity contribution is -0.137. The second kappa shape index (κ2) is 9.86. The molecule has 0 radical (unpaired) electrons. The van der Waals surface area contributed by atoms with Crippen molar-refractivity contribution in [3.63, 3.8) is 0 Å². The molecule has 0 unspecified atom stereocenters. The zero-order chi connectivity index (χ0) is 23.5. The fourth-order valence-electron chi connectivity index (χ4n) is 3.61. The average molecular weight is 493 g/mol. The van der Waals surface area contributed by atoms with E-state index in [9.17, 15) is 21.6 Å². The van der Waals surface area contributed by atoms with Crippen LogP contribution in [0.4, 0.5) is 13.2 Å². The highest BCUT2D eigenvalue weighted by atomic mass is 35.5. The van der Waals surface area contributed by atoms with E-state index in [1.807, 2.05) is 12.1 Å². The number of ether oxygens (including phenoxy) is 2. The van der Waals surface area contributed by atoms with Gasteiger partial charge in [0.25, 0.3) is 0 Å². The van der Waals surface area contributed by atoms with Gasteiger partial charge in [-0.1, -0.05) is 11.6 Å². The van der Waals surface area contributed by atoms with Crippen LogP contribution in [0, 0.1) is 0 Å². The second-order valence-corrected chi connectivity index (χ2v) is 9.54. The van der Waals surface area contributed by atoms with Crippen molar-refractivity contribution in [3.8, 4) is 11.5 Å². The van der Waals surface area contributed by atoms with Crippen LogP contribution in [0.3, 0.4) is 0 Å². The van der Waals surface area contributed by atoms with Gasteiger partial charge in [-0.05, 0) is 60.8 Å². The Kier molecular flexibility index (Phi) is 7.59. The molecule has 2 aromatic carbocycles. The van der Waals surface area contributed by atoms with E-state index < -0.39 is 26.7 Å². The summed E-state index contributed by atoms with van der Waals surface area (Å²) in [6.45, 7) is 2.17. The maximum absolute atomic E-state index is 12.9. The van der Waals surface area contributed by atoms with Gasteiger partial charge < -0.3 is 9.47 Å². The molecule has 1 heterocycles. The number of methoxy groups -OCH3 is 2. The highest BCUT2D eigenvalue weighted by Gasteiger charge is 2.32. The lowest BCUT2D eigenvalue weighted by Crippen LogP contribution is -2.34. The Bertz CT molecular complexity index is 1080. The first-order chi connectivity index (χ1) is 15.0. The summed E-state index contributed by atoms with van der Waals surface area (Å²) in [5.41, 5.74) is 1.23. The summed E-state index contributed by atoms with van der Waals surface area (Å²) in [7, 11) is -1.01. The van der Waals surface area contributed by atoms with E-state index in [0.29, 0.717) is 37.1 Å². The van der Waals surface area contributed by atoms with Crippen LogP contribution in [0.15, 0.2) is 35.2 Å². The number of nitrogens with one attached hydrogen (secondary N) is 1. The van der Waals surface area contributed by atoms with Crippen LogP contribution in [-0.2, 0) is 29.2 Å². The molecule has 32 heavy (non-hydrogen) atoms. The van der Waals surface area contributed by atoms with Gasteiger partial charge in [-0.25, -0.2) is 13.1 Å². The number of sulfonamides is 1. The second-order valence-electron chi connectivity index (χ2n) is 7.40. The van der Waals surface area contributed by atoms with E-state index in [0.717, 1.165) is 30.7 Å². The third kappa shape index (κ3) is 5.67. The van der Waals surface area contributed by atoms with Crippen LogP contribution in [-0.4, -0.2) is 47.2 Å². The predicted octanol–water partition coefficient (Wildman–Crippen LogP) is 4.10. The Hall–Kier alpha value is -2.01. The van der Waals surface area contributed by atoms with Crippen molar-refractivity contribution >= 4 is 21.6 Å². The zero-order valence-corrected chi connectivity index (χ0v) is 19.2. The van der Waals surface area contributed by atoms with Gasteiger partial charge in [-0.3, -0.25) is 4.90 Å². The van der Waals surface area contributed by atoms with Gasteiger partial charge in [0.05, 0.1) is 24.8 Å². The lowest BCUT2D eigenvalue weighted by atomic mass is 9.98. The standard InChI is InChI=1S/C21H24ClF3N2O4S/c1-30-18-10-14-6-9-27(13-15(14)11-19(18)31-2)8-3-7-26-32(28,29)20-12-16(21(23,24)25)4-5-17(20)22/h4-5,10-12,26H,3,6-9,13H2,1-2H3. The number of fused-ring (bicyclic) bond motifs is 1. The minimum absolute atomic E-state index is 0.0736. The fraction of sp³-hybridized carbons (Fsp3) is 0.429. The van der Waals surface area contributed by atoms with Crippen molar-refractivity contribution in [2.75, 3.05) is 33.9 Å². The number of benzene rings is 2. The summed E-state index contributed by atoms with van der Waals surface area (Å²) in [4.78, 5) is 1.60.